The Balaban J connectivity index is 1.90. The molecule has 1 aromatic heterocycles. The van der Waals surface area contributed by atoms with Crippen molar-refractivity contribution in [1.82, 2.24) is 30.4 Å². The number of nitrogens with one attached hydrogen (secondary N) is 1. The molecular formula is C26H34N6O2. The van der Waals surface area contributed by atoms with Crippen LogP contribution >= 0.6 is 0 Å². The molecule has 0 saturated carbocycles. The fraction of sp³-hybridized carbons (Fsp3) is 0.423. The van der Waals surface area contributed by atoms with Gasteiger partial charge in [0, 0.05) is 32.6 Å². The number of carbonyl (C=O) groups is 2. The molecule has 0 fully saturated rings. The summed E-state index contributed by atoms with van der Waals surface area (Å²) >= 11 is 0. The molecule has 8 heteroatoms. The summed E-state index contributed by atoms with van der Waals surface area (Å²) in [5.74, 6) is 0.503. The molecule has 0 unspecified atom stereocenters. The van der Waals surface area contributed by atoms with Crippen molar-refractivity contribution < 1.29 is 9.59 Å². The lowest BCUT2D eigenvalue weighted by molar-refractivity contribution is -0.147. The summed E-state index contributed by atoms with van der Waals surface area (Å²) < 4.78 is 0. The molecule has 2 amide bonds. The van der Waals surface area contributed by atoms with E-state index in [-0.39, 0.29) is 17.7 Å². The maximum Gasteiger partial charge on any atom is 0.245 e. The van der Waals surface area contributed by atoms with Gasteiger partial charge in [-0.3, -0.25) is 9.59 Å². The highest BCUT2D eigenvalue weighted by molar-refractivity contribution is 5.87. The molecule has 0 bridgehead atoms. The number of likely N-dealkylation sites (N-methyl/N-ethyl adjacent to an activating group) is 1. The number of benzene rings is 2. The van der Waals surface area contributed by atoms with Gasteiger partial charge >= 0.3 is 0 Å². The van der Waals surface area contributed by atoms with E-state index < -0.39 is 6.04 Å². The van der Waals surface area contributed by atoms with Crippen LogP contribution in [0.25, 0.3) is 22.5 Å². The highest BCUT2D eigenvalue weighted by Crippen LogP contribution is 2.30. The molecule has 0 radical (unpaired) electrons. The second kappa shape index (κ2) is 11.5. The van der Waals surface area contributed by atoms with Crippen LogP contribution in [0, 0.1) is 5.92 Å². The summed E-state index contributed by atoms with van der Waals surface area (Å²) in [7, 11) is 3.48. The summed E-state index contributed by atoms with van der Waals surface area (Å²) in [6, 6.07) is 15.5. The van der Waals surface area contributed by atoms with Crippen LogP contribution < -0.4 is 0 Å². The third kappa shape index (κ3) is 5.87. The van der Waals surface area contributed by atoms with E-state index in [2.05, 4.69) is 27.5 Å². The van der Waals surface area contributed by atoms with E-state index in [1.807, 2.05) is 62.4 Å². The summed E-state index contributed by atoms with van der Waals surface area (Å²) in [5.41, 5.74) is 3.87. The molecule has 180 valence electrons. The Bertz CT molecular complexity index is 1080. The van der Waals surface area contributed by atoms with Gasteiger partial charge in [0.25, 0.3) is 0 Å². The molecule has 0 aliphatic heterocycles. The van der Waals surface area contributed by atoms with E-state index in [0.717, 1.165) is 35.1 Å². The van der Waals surface area contributed by atoms with Crippen LogP contribution in [0.2, 0.25) is 0 Å². The number of H-pyrrole nitrogens is 1. The SMILES string of the molecule is CCCCC(=O)N(Cc1ccc(-c2ccccc2-c2nn[nH]n2)cc1)[C@H](C(=O)N(C)C)C(C)C. The van der Waals surface area contributed by atoms with Crippen molar-refractivity contribution in [1.29, 1.82) is 0 Å². The van der Waals surface area contributed by atoms with Crippen LogP contribution in [-0.2, 0) is 16.1 Å². The molecule has 0 aliphatic carbocycles. The van der Waals surface area contributed by atoms with Gasteiger partial charge in [0.2, 0.25) is 17.6 Å². The molecule has 1 atom stereocenters. The van der Waals surface area contributed by atoms with E-state index in [0.29, 0.717) is 18.8 Å². The number of nitrogens with zero attached hydrogens (tertiary/aromatic N) is 5. The summed E-state index contributed by atoms with van der Waals surface area (Å²) in [6.07, 6.45) is 2.18. The van der Waals surface area contributed by atoms with Gasteiger partial charge in [-0.1, -0.05) is 75.7 Å². The first kappa shape index (κ1) is 25.1. The fourth-order valence-electron chi connectivity index (χ4n) is 4.05. The molecule has 0 saturated heterocycles. The third-order valence-electron chi connectivity index (χ3n) is 5.86. The summed E-state index contributed by atoms with van der Waals surface area (Å²) in [4.78, 5) is 29.5. The lowest BCUT2D eigenvalue weighted by atomic mass is 9.97. The highest BCUT2D eigenvalue weighted by atomic mass is 16.2. The Labute approximate surface area is 201 Å². The van der Waals surface area contributed by atoms with Gasteiger partial charge in [-0.25, -0.2) is 0 Å². The van der Waals surface area contributed by atoms with Crippen LogP contribution in [0.1, 0.15) is 45.6 Å². The zero-order valence-corrected chi connectivity index (χ0v) is 20.7. The Hall–Kier alpha value is -3.55. The molecule has 34 heavy (non-hydrogen) atoms. The minimum Gasteiger partial charge on any atom is -0.347 e. The number of rotatable bonds is 10. The molecule has 3 aromatic rings. The van der Waals surface area contributed by atoms with E-state index in [4.69, 9.17) is 0 Å². The minimum absolute atomic E-state index is 0.00147. The lowest BCUT2D eigenvalue weighted by Gasteiger charge is -2.35. The van der Waals surface area contributed by atoms with Crippen molar-refractivity contribution in [2.45, 2.75) is 52.6 Å². The molecule has 0 spiro atoms. The highest BCUT2D eigenvalue weighted by Gasteiger charge is 2.33. The molecule has 3 rings (SSSR count). The van der Waals surface area contributed by atoms with Crippen molar-refractivity contribution in [3.05, 3.63) is 54.1 Å². The summed E-state index contributed by atoms with van der Waals surface area (Å²) in [5, 5.41) is 14.4. The van der Waals surface area contributed by atoms with E-state index in [9.17, 15) is 9.59 Å². The largest absolute Gasteiger partial charge is 0.347 e. The van der Waals surface area contributed by atoms with Crippen molar-refractivity contribution in [3.8, 4) is 22.5 Å². The number of aromatic nitrogens is 4. The Morgan fingerprint density at radius 2 is 1.68 bits per heavy atom. The number of amides is 2. The van der Waals surface area contributed by atoms with Gasteiger partial charge in [-0.2, -0.15) is 5.21 Å². The standard InChI is InChI=1S/C26H34N6O2/c1-6-7-12-23(33)32(24(18(2)3)26(34)31(4)5)17-19-13-15-20(16-14-19)21-10-8-9-11-22(21)25-27-29-30-28-25/h8-11,13-16,18,24H,6-7,12,17H2,1-5H3,(H,27,28,29,30)/t24-/m0/s1. The smallest absolute Gasteiger partial charge is 0.245 e. The van der Waals surface area contributed by atoms with Gasteiger partial charge < -0.3 is 9.80 Å². The van der Waals surface area contributed by atoms with Gasteiger partial charge in [-0.15, -0.1) is 10.2 Å². The van der Waals surface area contributed by atoms with Crippen LogP contribution in [0.3, 0.4) is 0 Å². The van der Waals surface area contributed by atoms with Crippen LogP contribution in [0.15, 0.2) is 48.5 Å². The molecular weight excluding hydrogens is 428 g/mol. The number of hydrogen-bond acceptors (Lipinski definition) is 5. The normalized spacial score (nSPS) is 11.9. The first-order chi connectivity index (χ1) is 16.3. The Kier molecular flexibility index (Phi) is 8.51. The topological polar surface area (TPSA) is 95.1 Å². The minimum atomic E-state index is -0.502. The predicted molar refractivity (Wildman–Crippen MR) is 132 cm³/mol. The zero-order valence-electron chi connectivity index (χ0n) is 20.7. The molecule has 0 aliphatic rings. The Morgan fingerprint density at radius 1 is 1.00 bits per heavy atom. The molecule has 1 heterocycles. The van der Waals surface area contributed by atoms with Crippen molar-refractivity contribution in [2.75, 3.05) is 14.1 Å². The van der Waals surface area contributed by atoms with Crippen LogP contribution in [-0.4, -0.2) is 62.4 Å². The van der Waals surface area contributed by atoms with E-state index in [1.54, 1.807) is 23.9 Å². The fourth-order valence-corrected chi connectivity index (χ4v) is 4.05. The number of tetrazole rings is 1. The average Bonchev–Trinajstić information content (AvgIpc) is 3.37. The zero-order chi connectivity index (χ0) is 24.7. The number of unbranched alkanes of at least 4 members (excludes halogenated alkanes) is 1. The predicted octanol–water partition coefficient (Wildman–Crippen LogP) is 4.17. The van der Waals surface area contributed by atoms with E-state index in [1.165, 1.54) is 0 Å². The van der Waals surface area contributed by atoms with Crippen molar-refractivity contribution >= 4 is 11.8 Å². The van der Waals surface area contributed by atoms with Crippen molar-refractivity contribution in [3.63, 3.8) is 0 Å². The summed E-state index contributed by atoms with van der Waals surface area (Å²) in [6.45, 7) is 6.43. The number of hydrogen-bond donors (Lipinski definition) is 1. The monoisotopic (exact) mass is 462 g/mol. The van der Waals surface area contributed by atoms with Crippen LogP contribution in [0.4, 0.5) is 0 Å². The van der Waals surface area contributed by atoms with Crippen LogP contribution in [0.5, 0.6) is 0 Å². The van der Waals surface area contributed by atoms with Crippen molar-refractivity contribution in [2.24, 2.45) is 5.92 Å². The quantitative estimate of drug-likeness (QED) is 0.488. The molecule has 8 nitrogen and oxygen atoms in total. The van der Waals surface area contributed by atoms with Gasteiger partial charge in [0.05, 0.1) is 0 Å². The lowest BCUT2D eigenvalue weighted by Crippen LogP contribution is -2.51. The first-order valence-corrected chi connectivity index (χ1v) is 11.8. The van der Waals surface area contributed by atoms with Gasteiger partial charge in [-0.05, 0) is 34.2 Å². The maximum absolute atomic E-state index is 13.2. The maximum atomic E-state index is 13.2. The Morgan fingerprint density at radius 3 is 2.24 bits per heavy atom. The number of aromatic amines is 1. The second-order valence-electron chi connectivity index (χ2n) is 9.02. The third-order valence-corrected chi connectivity index (χ3v) is 5.86. The van der Waals surface area contributed by atoms with Gasteiger partial charge in [0.1, 0.15) is 6.04 Å². The average molecular weight is 463 g/mol. The first-order valence-electron chi connectivity index (χ1n) is 11.8. The second-order valence-corrected chi connectivity index (χ2v) is 9.02. The number of carbonyl (C=O) groups excluding carboxylic acids is 2. The van der Waals surface area contributed by atoms with Gasteiger partial charge in [0.15, 0.2) is 0 Å². The molecule has 2 aromatic carbocycles. The molecule has 1 N–H and O–H groups in total. The van der Waals surface area contributed by atoms with E-state index >= 15 is 0 Å².